The number of methoxy groups -OCH3 is 1. The number of imide groups is 1. The summed E-state index contributed by atoms with van der Waals surface area (Å²) in [7, 11) is 1.52. The van der Waals surface area contributed by atoms with Gasteiger partial charge in [-0.1, -0.05) is 29.8 Å². The zero-order chi connectivity index (χ0) is 24.2. The van der Waals surface area contributed by atoms with Crippen LogP contribution in [-0.4, -0.2) is 53.6 Å². The van der Waals surface area contributed by atoms with Crippen molar-refractivity contribution in [2.45, 2.75) is 19.4 Å². The fraction of sp³-hybridized carbons (Fsp3) is 0.292. The number of rotatable bonds is 7. The van der Waals surface area contributed by atoms with Crippen molar-refractivity contribution in [3.05, 3.63) is 61.9 Å². The zero-order valence-corrected chi connectivity index (χ0v) is 21.5. The van der Waals surface area contributed by atoms with Gasteiger partial charge < -0.3 is 14.4 Å². The normalized spacial score (nSPS) is 17.1. The van der Waals surface area contributed by atoms with E-state index in [0.717, 1.165) is 35.1 Å². The number of thioether (sulfide) groups is 1. The van der Waals surface area contributed by atoms with Crippen molar-refractivity contribution in [2.75, 3.05) is 26.7 Å². The smallest absolute Gasteiger partial charge is 0.294 e. The first kappa shape index (κ1) is 24.6. The molecule has 2 aliphatic heterocycles. The lowest BCUT2D eigenvalue weighted by Crippen LogP contribution is -2.40. The molecule has 2 aromatic rings. The predicted molar refractivity (Wildman–Crippen MR) is 135 cm³/mol. The molecular formula is C24H22BrClN2O5S. The number of benzene rings is 2. The molecule has 0 spiro atoms. The first-order valence-electron chi connectivity index (χ1n) is 10.6. The Labute approximate surface area is 215 Å². The molecule has 0 atom stereocenters. The molecule has 178 valence electrons. The van der Waals surface area contributed by atoms with Gasteiger partial charge >= 0.3 is 0 Å². The van der Waals surface area contributed by atoms with E-state index < -0.39 is 11.1 Å². The summed E-state index contributed by atoms with van der Waals surface area (Å²) in [5.41, 5.74) is 1.48. The van der Waals surface area contributed by atoms with Gasteiger partial charge in [0, 0.05) is 23.7 Å². The summed E-state index contributed by atoms with van der Waals surface area (Å²) in [6.07, 6.45) is 3.50. The van der Waals surface area contributed by atoms with Crippen LogP contribution in [0.1, 0.15) is 24.0 Å². The lowest BCUT2D eigenvalue weighted by atomic mass is 10.1. The highest BCUT2D eigenvalue weighted by Gasteiger charge is 2.37. The van der Waals surface area contributed by atoms with Gasteiger partial charge in [-0.2, -0.15) is 0 Å². The second kappa shape index (κ2) is 10.8. The number of nitrogens with zero attached hydrogens (tertiary/aromatic N) is 2. The fourth-order valence-corrected chi connectivity index (χ4v) is 5.32. The lowest BCUT2D eigenvalue weighted by Gasteiger charge is -2.18. The second-order valence-corrected chi connectivity index (χ2v) is 10.0. The molecule has 7 nitrogen and oxygen atoms in total. The minimum Gasteiger partial charge on any atom is -0.493 e. The molecule has 0 radical (unpaired) electrons. The maximum absolute atomic E-state index is 12.8. The largest absolute Gasteiger partial charge is 0.493 e. The highest BCUT2D eigenvalue weighted by Crippen LogP contribution is 2.39. The molecule has 0 aromatic heterocycles. The van der Waals surface area contributed by atoms with E-state index in [1.165, 1.54) is 7.11 Å². The van der Waals surface area contributed by atoms with Crippen molar-refractivity contribution in [1.82, 2.24) is 9.80 Å². The summed E-state index contributed by atoms with van der Waals surface area (Å²) in [5, 5.41) is 0.155. The van der Waals surface area contributed by atoms with E-state index >= 15 is 0 Å². The molecule has 2 heterocycles. The first-order chi connectivity index (χ1) is 16.4. The Morgan fingerprint density at radius 2 is 1.94 bits per heavy atom. The minimum atomic E-state index is -0.475. The van der Waals surface area contributed by atoms with Crippen LogP contribution in [0.2, 0.25) is 5.02 Å². The topological polar surface area (TPSA) is 76.2 Å². The number of amides is 3. The van der Waals surface area contributed by atoms with Crippen LogP contribution in [0.25, 0.3) is 6.08 Å². The van der Waals surface area contributed by atoms with Crippen molar-refractivity contribution in [3.63, 3.8) is 0 Å². The molecule has 10 heteroatoms. The van der Waals surface area contributed by atoms with E-state index in [9.17, 15) is 14.4 Å². The van der Waals surface area contributed by atoms with Gasteiger partial charge in [-0.15, -0.1) is 0 Å². The summed E-state index contributed by atoms with van der Waals surface area (Å²) in [5.74, 6) is 0.266. The number of hydrogen-bond acceptors (Lipinski definition) is 6. The van der Waals surface area contributed by atoms with Gasteiger partial charge in [-0.3, -0.25) is 19.3 Å². The van der Waals surface area contributed by atoms with E-state index in [1.54, 1.807) is 29.2 Å². The number of carbonyl (C=O) groups is 3. The average molecular weight is 566 g/mol. The molecule has 0 bridgehead atoms. The van der Waals surface area contributed by atoms with Crippen LogP contribution < -0.4 is 9.47 Å². The van der Waals surface area contributed by atoms with Gasteiger partial charge in [0.25, 0.3) is 11.1 Å². The Morgan fingerprint density at radius 1 is 1.21 bits per heavy atom. The van der Waals surface area contributed by atoms with Crippen molar-refractivity contribution >= 4 is 62.4 Å². The Morgan fingerprint density at radius 3 is 2.65 bits per heavy atom. The Kier molecular flexibility index (Phi) is 7.85. The Hall–Kier alpha value is -2.49. The van der Waals surface area contributed by atoms with E-state index in [4.69, 9.17) is 21.1 Å². The standard InChI is InChI=1S/C24H22BrClN2O5S/c1-32-19-11-15(10-17(25)22(19)33-14-16-6-2-3-7-18(16)26)12-20-23(30)28(24(31)34-20)13-21(29)27-8-4-5-9-27/h2-3,6-7,10-12H,4-5,8-9,13-14H2,1H3/b20-12-. The maximum atomic E-state index is 12.8. The molecular weight excluding hydrogens is 544 g/mol. The second-order valence-electron chi connectivity index (χ2n) is 7.77. The van der Waals surface area contributed by atoms with Crippen LogP contribution in [0.3, 0.4) is 0 Å². The summed E-state index contributed by atoms with van der Waals surface area (Å²) in [6, 6.07) is 10.9. The van der Waals surface area contributed by atoms with E-state index in [0.29, 0.717) is 39.6 Å². The lowest BCUT2D eigenvalue weighted by molar-refractivity contribution is -0.135. The van der Waals surface area contributed by atoms with Crippen molar-refractivity contribution in [1.29, 1.82) is 0 Å². The summed E-state index contributed by atoms with van der Waals surface area (Å²) in [6.45, 7) is 1.36. The van der Waals surface area contributed by atoms with Gasteiger partial charge in [-0.05, 0) is 70.4 Å². The van der Waals surface area contributed by atoms with Crippen molar-refractivity contribution in [2.24, 2.45) is 0 Å². The van der Waals surface area contributed by atoms with E-state index in [2.05, 4.69) is 15.9 Å². The van der Waals surface area contributed by atoms with Crippen LogP contribution in [-0.2, 0) is 16.2 Å². The summed E-state index contributed by atoms with van der Waals surface area (Å²) < 4.78 is 12.1. The molecule has 2 aliphatic rings. The van der Waals surface area contributed by atoms with Gasteiger partial charge in [0.05, 0.1) is 16.5 Å². The van der Waals surface area contributed by atoms with Crippen LogP contribution in [0.15, 0.2) is 45.8 Å². The molecule has 0 unspecified atom stereocenters. The van der Waals surface area contributed by atoms with Gasteiger partial charge in [-0.25, -0.2) is 0 Å². The molecule has 2 fully saturated rings. The quantitative estimate of drug-likeness (QED) is 0.422. The van der Waals surface area contributed by atoms with E-state index in [-0.39, 0.29) is 24.0 Å². The van der Waals surface area contributed by atoms with Crippen LogP contribution in [0.4, 0.5) is 4.79 Å². The molecule has 2 aromatic carbocycles. The molecule has 3 amide bonds. The van der Waals surface area contributed by atoms with Crippen molar-refractivity contribution < 1.29 is 23.9 Å². The number of carbonyl (C=O) groups excluding carboxylic acids is 3. The molecule has 4 rings (SSSR count). The zero-order valence-electron chi connectivity index (χ0n) is 18.4. The fourth-order valence-electron chi connectivity index (χ4n) is 3.72. The van der Waals surface area contributed by atoms with Crippen LogP contribution in [0, 0.1) is 0 Å². The monoisotopic (exact) mass is 564 g/mol. The highest BCUT2D eigenvalue weighted by atomic mass is 79.9. The first-order valence-corrected chi connectivity index (χ1v) is 12.6. The molecule has 0 aliphatic carbocycles. The Bertz CT molecular complexity index is 1170. The third-order valence-electron chi connectivity index (χ3n) is 5.51. The number of halogens is 2. The molecule has 0 N–H and O–H groups in total. The van der Waals surface area contributed by atoms with Gasteiger partial charge in [0.1, 0.15) is 13.2 Å². The van der Waals surface area contributed by atoms with Gasteiger partial charge in [0.15, 0.2) is 11.5 Å². The SMILES string of the molecule is COc1cc(/C=C2\SC(=O)N(CC(=O)N3CCCC3)C2=O)cc(Br)c1OCc1ccccc1Cl. The molecule has 2 saturated heterocycles. The minimum absolute atomic E-state index is 0.203. The van der Waals surface area contributed by atoms with Crippen LogP contribution in [0.5, 0.6) is 11.5 Å². The summed E-state index contributed by atoms with van der Waals surface area (Å²) in [4.78, 5) is 40.6. The highest BCUT2D eigenvalue weighted by molar-refractivity contribution is 9.10. The molecule has 0 saturated carbocycles. The molecule has 34 heavy (non-hydrogen) atoms. The maximum Gasteiger partial charge on any atom is 0.294 e. The van der Waals surface area contributed by atoms with Crippen molar-refractivity contribution in [3.8, 4) is 11.5 Å². The number of ether oxygens (including phenoxy) is 2. The predicted octanol–water partition coefficient (Wildman–Crippen LogP) is 5.35. The van der Waals surface area contributed by atoms with Crippen LogP contribution >= 0.6 is 39.3 Å². The third-order valence-corrected chi connectivity index (χ3v) is 7.37. The summed E-state index contributed by atoms with van der Waals surface area (Å²) >= 11 is 10.5. The average Bonchev–Trinajstić information content (AvgIpc) is 3.44. The van der Waals surface area contributed by atoms with Gasteiger partial charge in [0.2, 0.25) is 5.91 Å². The third kappa shape index (κ3) is 5.42. The Balaban J connectivity index is 1.50. The number of hydrogen-bond donors (Lipinski definition) is 0. The van der Waals surface area contributed by atoms with E-state index in [1.807, 2.05) is 18.2 Å². The number of likely N-dealkylation sites (tertiary alicyclic amines) is 1.